The van der Waals surface area contributed by atoms with Gasteiger partial charge >= 0.3 is 0 Å². The topological polar surface area (TPSA) is 34.5 Å². The van der Waals surface area contributed by atoms with Gasteiger partial charge in [0.05, 0.1) is 12.8 Å². The minimum absolute atomic E-state index is 0.239. The molecule has 0 radical (unpaired) electrons. The molecule has 0 atom stereocenters. The Morgan fingerprint density at radius 1 is 1.00 bits per heavy atom. The summed E-state index contributed by atoms with van der Waals surface area (Å²) >= 11 is 0. The van der Waals surface area contributed by atoms with Gasteiger partial charge in [-0.15, -0.1) is 0 Å². The van der Waals surface area contributed by atoms with Crippen molar-refractivity contribution in [2.24, 2.45) is 4.99 Å². The summed E-state index contributed by atoms with van der Waals surface area (Å²) in [5, 5.41) is 0. The first kappa shape index (κ1) is 18.1. The molecule has 0 unspecified atom stereocenters. The molecular formula is C24H21FN2O. The first-order chi connectivity index (χ1) is 13.7. The molecule has 0 N–H and O–H groups in total. The highest BCUT2D eigenvalue weighted by Gasteiger charge is 2.15. The molecule has 2 heterocycles. The van der Waals surface area contributed by atoms with E-state index in [2.05, 4.69) is 9.98 Å². The fourth-order valence-corrected chi connectivity index (χ4v) is 3.40. The molecule has 3 nitrogen and oxygen atoms in total. The standard InChI is InChI=1S/C24H21FN2O/c1-28-22-10-8-17(9-11-22)18-6-7-19(23(25)15-18)14-20-4-3-13-27-24(20)21-5-2-12-26-16-21/h2,5-12,14-16H,3-4,13H2,1H3. The van der Waals surface area contributed by atoms with Gasteiger partial charge in [0, 0.05) is 30.1 Å². The molecule has 0 spiro atoms. The van der Waals surface area contributed by atoms with Crippen molar-refractivity contribution in [2.75, 3.05) is 13.7 Å². The fourth-order valence-electron chi connectivity index (χ4n) is 3.40. The third-order valence-electron chi connectivity index (χ3n) is 4.87. The molecule has 4 heteroatoms. The number of hydrogen-bond donors (Lipinski definition) is 0. The van der Waals surface area contributed by atoms with Crippen LogP contribution in [0.3, 0.4) is 0 Å². The first-order valence-corrected chi connectivity index (χ1v) is 9.34. The lowest BCUT2D eigenvalue weighted by Gasteiger charge is -2.16. The lowest BCUT2D eigenvalue weighted by atomic mass is 9.94. The second kappa shape index (κ2) is 8.17. The Labute approximate surface area is 164 Å². The van der Waals surface area contributed by atoms with Crippen molar-refractivity contribution in [3.05, 3.63) is 89.5 Å². The highest BCUT2D eigenvalue weighted by molar-refractivity contribution is 6.15. The summed E-state index contributed by atoms with van der Waals surface area (Å²) in [5.74, 6) is 0.544. The Kier molecular flexibility index (Phi) is 5.29. The molecule has 0 fully saturated rings. The normalized spacial score (nSPS) is 15.4. The number of methoxy groups -OCH3 is 1. The maximum absolute atomic E-state index is 14.8. The van der Waals surface area contributed by atoms with Crippen molar-refractivity contribution in [1.82, 2.24) is 4.98 Å². The van der Waals surface area contributed by atoms with Gasteiger partial charge in [-0.05, 0) is 65.9 Å². The van der Waals surface area contributed by atoms with Crippen LogP contribution in [0.5, 0.6) is 5.75 Å². The fraction of sp³-hybridized carbons (Fsp3) is 0.167. The molecule has 140 valence electrons. The van der Waals surface area contributed by atoms with E-state index in [4.69, 9.17) is 4.74 Å². The molecule has 2 aromatic carbocycles. The van der Waals surface area contributed by atoms with E-state index in [0.717, 1.165) is 53.1 Å². The van der Waals surface area contributed by atoms with Crippen molar-refractivity contribution >= 4 is 11.8 Å². The van der Waals surface area contributed by atoms with Crippen molar-refractivity contribution in [3.63, 3.8) is 0 Å². The molecule has 0 amide bonds. The highest BCUT2D eigenvalue weighted by atomic mass is 19.1. The van der Waals surface area contributed by atoms with Crippen LogP contribution in [0.1, 0.15) is 24.0 Å². The van der Waals surface area contributed by atoms with Crippen molar-refractivity contribution in [1.29, 1.82) is 0 Å². The van der Waals surface area contributed by atoms with E-state index in [-0.39, 0.29) is 5.82 Å². The molecule has 28 heavy (non-hydrogen) atoms. The molecule has 1 aromatic heterocycles. The van der Waals surface area contributed by atoms with Gasteiger partial charge in [0.25, 0.3) is 0 Å². The quantitative estimate of drug-likeness (QED) is 0.601. The number of ether oxygens (including phenoxy) is 1. The number of aliphatic imine (C=N–C) groups is 1. The van der Waals surface area contributed by atoms with E-state index in [9.17, 15) is 4.39 Å². The van der Waals surface area contributed by atoms with Crippen LogP contribution in [0.2, 0.25) is 0 Å². The van der Waals surface area contributed by atoms with Gasteiger partial charge in [0.15, 0.2) is 0 Å². The van der Waals surface area contributed by atoms with Gasteiger partial charge in [0.2, 0.25) is 0 Å². The van der Waals surface area contributed by atoms with Gasteiger partial charge in [-0.1, -0.05) is 24.3 Å². The van der Waals surface area contributed by atoms with E-state index < -0.39 is 0 Å². The van der Waals surface area contributed by atoms with Crippen LogP contribution in [0.4, 0.5) is 4.39 Å². The van der Waals surface area contributed by atoms with E-state index in [1.807, 2.05) is 54.6 Å². The maximum atomic E-state index is 14.8. The Bertz CT molecular complexity index is 1020. The summed E-state index contributed by atoms with van der Waals surface area (Å²) in [5.41, 5.74) is 5.31. The molecular weight excluding hydrogens is 351 g/mol. The van der Waals surface area contributed by atoms with Crippen LogP contribution in [0, 0.1) is 5.82 Å². The monoisotopic (exact) mass is 372 g/mol. The van der Waals surface area contributed by atoms with E-state index in [0.29, 0.717) is 5.56 Å². The third kappa shape index (κ3) is 3.86. The van der Waals surface area contributed by atoms with Gasteiger partial charge in [-0.2, -0.15) is 0 Å². The lowest BCUT2D eigenvalue weighted by Crippen LogP contribution is -2.12. The molecule has 0 saturated carbocycles. The SMILES string of the molecule is COc1ccc(-c2ccc(C=C3CCCN=C3c3cccnc3)c(F)c2)cc1. The summed E-state index contributed by atoms with van der Waals surface area (Å²) in [7, 11) is 1.63. The minimum Gasteiger partial charge on any atom is -0.497 e. The molecule has 4 rings (SSSR count). The molecule has 0 aliphatic carbocycles. The number of benzene rings is 2. The smallest absolute Gasteiger partial charge is 0.131 e. The second-order valence-corrected chi connectivity index (χ2v) is 6.71. The van der Waals surface area contributed by atoms with E-state index in [1.165, 1.54) is 0 Å². The summed E-state index contributed by atoms with van der Waals surface area (Å²) < 4.78 is 20.0. The van der Waals surface area contributed by atoms with Gasteiger partial charge in [0.1, 0.15) is 11.6 Å². The van der Waals surface area contributed by atoms with Crippen LogP contribution in [-0.2, 0) is 0 Å². The Balaban J connectivity index is 1.65. The summed E-state index contributed by atoms with van der Waals surface area (Å²) in [6.45, 7) is 0.792. The zero-order valence-electron chi connectivity index (χ0n) is 15.7. The zero-order chi connectivity index (χ0) is 19.3. The van der Waals surface area contributed by atoms with E-state index >= 15 is 0 Å². The Morgan fingerprint density at radius 3 is 2.54 bits per heavy atom. The predicted molar refractivity (Wildman–Crippen MR) is 111 cm³/mol. The summed E-state index contributed by atoms with van der Waals surface area (Å²) in [4.78, 5) is 8.85. The van der Waals surface area contributed by atoms with Crippen LogP contribution in [0.15, 0.2) is 77.6 Å². The Hall–Kier alpha value is -3.27. The summed E-state index contributed by atoms with van der Waals surface area (Å²) in [6, 6.07) is 16.9. The predicted octanol–water partition coefficient (Wildman–Crippen LogP) is 5.56. The molecule has 0 saturated heterocycles. The van der Waals surface area contributed by atoms with Crippen LogP contribution in [-0.4, -0.2) is 24.4 Å². The number of halogens is 1. The average molecular weight is 372 g/mol. The highest BCUT2D eigenvalue weighted by Crippen LogP contribution is 2.27. The molecule has 0 bridgehead atoms. The lowest BCUT2D eigenvalue weighted by molar-refractivity contribution is 0.415. The number of rotatable bonds is 4. The van der Waals surface area contributed by atoms with Crippen LogP contribution < -0.4 is 4.74 Å². The molecule has 1 aliphatic rings. The van der Waals surface area contributed by atoms with Gasteiger partial charge in [-0.25, -0.2) is 4.39 Å². The van der Waals surface area contributed by atoms with Gasteiger partial charge < -0.3 is 4.74 Å². The summed E-state index contributed by atoms with van der Waals surface area (Å²) in [6.07, 6.45) is 7.32. The molecule has 1 aliphatic heterocycles. The maximum Gasteiger partial charge on any atom is 0.131 e. The number of aromatic nitrogens is 1. The largest absolute Gasteiger partial charge is 0.497 e. The van der Waals surface area contributed by atoms with Crippen molar-refractivity contribution < 1.29 is 9.13 Å². The number of pyridine rings is 1. The second-order valence-electron chi connectivity index (χ2n) is 6.71. The minimum atomic E-state index is -0.239. The Morgan fingerprint density at radius 2 is 1.82 bits per heavy atom. The van der Waals surface area contributed by atoms with E-state index in [1.54, 1.807) is 25.6 Å². The van der Waals surface area contributed by atoms with Crippen LogP contribution >= 0.6 is 0 Å². The first-order valence-electron chi connectivity index (χ1n) is 9.34. The third-order valence-corrected chi connectivity index (χ3v) is 4.87. The zero-order valence-corrected chi connectivity index (χ0v) is 15.7. The number of allylic oxidation sites excluding steroid dienone is 1. The number of nitrogens with zero attached hydrogens (tertiary/aromatic N) is 2. The molecule has 3 aromatic rings. The van der Waals surface area contributed by atoms with Crippen LogP contribution in [0.25, 0.3) is 17.2 Å². The van der Waals surface area contributed by atoms with Gasteiger partial charge in [-0.3, -0.25) is 9.98 Å². The van der Waals surface area contributed by atoms with Crippen molar-refractivity contribution in [3.8, 4) is 16.9 Å². The number of hydrogen-bond acceptors (Lipinski definition) is 3. The average Bonchev–Trinajstić information content (AvgIpc) is 2.76. The van der Waals surface area contributed by atoms with Crippen molar-refractivity contribution in [2.45, 2.75) is 12.8 Å².